The molecular formula is C12H11Cl2FN2O. The Morgan fingerprint density at radius 2 is 2.22 bits per heavy atom. The Hall–Kier alpha value is -1.26. The topological polar surface area (TPSA) is 36.4 Å². The highest BCUT2D eigenvalue weighted by Crippen LogP contribution is 2.31. The maximum Gasteiger partial charge on any atom is 0.133 e. The molecule has 1 aliphatic rings. The predicted molar refractivity (Wildman–Crippen MR) is 70.7 cm³/mol. The molecule has 0 spiro atoms. The first-order chi connectivity index (χ1) is 8.52. The molecule has 1 aliphatic heterocycles. The minimum absolute atomic E-state index is 0.0346. The zero-order chi connectivity index (χ0) is 13.3. The summed E-state index contributed by atoms with van der Waals surface area (Å²) in [5.74, 6) is 0.0346. The van der Waals surface area contributed by atoms with E-state index in [0.717, 1.165) is 5.70 Å². The van der Waals surface area contributed by atoms with E-state index in [4.69, 9.17) is 23.2 Å². The quantitative estimate of drug-likeness (QED) is 0.838. The van der Waals surface area contributed by atoms with Crippen LogP contribution in [-0.4, -0.2) is 16.6 Å². The second kappa shape index (κ2) is 5.16. The molecule has 3 nitrogen and oxygen atoms in total. The molecule has 0 aromatic carbocycles. The molecule has 0 saturated carbocycles. The molecule has 0 amide bonds. The summed E-state index contributed by atoms with van der Waals surface area (Å²) < 4.78 is 12.9. The Kier molecular flexibility index (Phi) is 3.78. The van der Waals surface area contributed by atoms with Gasteiger partial charge in [0.1, 0.15) is 17.6 Å². The fraction of sp³-hybridized carbons (Fsp3) is 0.250. The molecule has 0 aliphatic carbocycles. The Morgan fingerprint density at radius 3 is 2.89 bits per heavy atom. The summed E-state index contributed by atoms with van der Waals surface area (Å²) in [6, 6.07) is 1.58. The lowest BCUT2D eigenvalue weighted by Gasteiger charge is -2.29. The number of rotatable bonds is 2. The van der Waals surface area contributed by atoms with Gasteiger partial charge in [0.05, 0.1) is 17.3 Å². The van der Waals surface area contributed by atoms with Crippen LogP contribution in [0, 0.1) is 0 Å². The summed E-state index contributed by atoms with van der Waals surface area (Å²) in [5, 5.41) is 10.1. The molecule has 0 fully saturated rings. The average Bonchev–Trinajstić information content (AvgIpc) is 2.34. The largest absolute Gasteiger partial charge is 0.507 e. The van der Waals surface area contributed by atoms with Crippen LogP contribution in [0.3, 0.4) is 0 Å². The number of pyridine rings is 1. The van der Waals surface area contributed by atoms with E-state index in [-0.39, 0.29) is 17.5 Å². The van der Waals surface area contributed by atoms with E-state index in [1.165, 1.54) is 12.3 Å². The van der Waals surface area contributed by atoms with Gasteiger partial charge in [-0.25, -0.2) is 9.37 Å². The molecule has 0 unspecified atom stereocenters. The van der Waals surface area contributed by atoms with E-state index < -0.39 is 6.67 Å². The number of nitrogens with zero attached hydrogens (tertiary/aromatic N) is 2. The van der Waals surface area contributed by atoms with Crippen molar-refractivity contribution in [2.75, 3.05) is 11.4 Å². The van der Waals surface area contributed by atoms with E-state index in [1.54, 1.807) is 17.9 Å². The Balaban J connectivity index is 2.45. The van der Waals surface area contributed by atoms with Crippen LogP contribution in [0.4, 0.5) is 10.1 Å². The van der Waals surface area contributed by atoms with Gasteiger partial charge in [-0.2, -0.15) is 0 Å². The molecular weight excluding hydrogens is 278 g/mol. The second-order valence-electron chi connectivity index (χ2n) is 3.93. The van der Waals surface area contributed by atoms with E-state index >= 15 is 0 Å². The molecule has 0 saturated heterocycles. The normalized spacial score (nSPS) is 16.0. The zero-order valence-corrected chi connectivity index (χ0v) is 11.1. The molecule has 18 heavy (non-hydrogen) atoms. The zero-order valence-electron chi connectivity index (χ0n) is 9.62. The van der Waals surface area contributed by atoms with Gasteiger partial charge in [0.2, 0.25) is 0 Å². The third kappa shape index (κ3) is 2.44. The number of allylic oxidation sites excluding steroid dienone is 2. The van der Waals surface area contributed by atoms with Gasteiger partial charge in [-0.1, -0.05) is 23.2 Å². The molecule has 2 heterocycles. The molecule has 6 heteroatoms. The van der Waals surface area contributed by atoms with Crippen molar-refractivity contribution in [1.82, 2.24) is 4.98 Å². The SMILES string of the molecule is CC1=CC(O)=C(Cl)CN1c1cc(Cl)ncc1CF. The summed E-state index contributed by atoms with van der Waals surface area (Å²) in [4.78, 5) is 5.63. The number of hydrogen-bond donors (Lipinski definition) is 1. The molecule has 0 radical (unpaired) electrons. The van der Waals surface area contributed by atoms with Gasteiger partial charge in [0.15, 0.2) is 0 Å². The number of aromatic nitrogens is 1. The van der Waals surface area contributed by atoms with Gasteiger partial charge in [0.25, 0.3) is 0 Å². The van der Waals surface area contributed by atoms with Gasteiger partial charge in [-0.3, -0.25) is 0 Å². The summed E-state index contributed by atoms with van der Waals surface area (Å²) in [6.45, 7) is 1.44. The monoisotopic (exact) mass is 288 g/mol. The molecule has 0 bridgehead atoms. The molecule has 0 atom stereocenters. The van der Waals surface area contributed by atoms with Crippen molar-refractivity contribution in [1.29, 1.82) is 0 Å². The highest BCUT2D eigenvalue weighted by Gasteiger charge is 2.20. The molecule has 96 valence electrons. The van der Waals surface area contributed by atoms with Crippen LogP contribution in [0.1, 0.15) is 12.5 Å². The predicted octanol–water partition coefficient (Wildman–Crippen LogP) is 3.94. The van der Waals surface area contributed by atoms with Crippen molar-refractivity contribution in [3.05, 3.63) is 45.5 Å². The Morgan fingerprint density at radius 1 is 1.50 bits per heavy atom. The molecule has 2 rings (SSSR count). The van der Waals surface area contributed by atoms with Crippen LogP contribution in [0.2, 0.25) is 5.15 Å². The average molecular weight is 289 g/mol. The van der Waals surface area contributed by atoms with Crippen molar-refractivity contribution < 1.29 is 9.50 Å². The summed E-state index contributed by atoms with van der Waals surface area (Å²) >= 11 is 11.7. The van der Waals surface area contributed by atoms with Crippen LogP contribution < -0.4 is 4.90 Å². The van der Waals surface area contributed by atoms with Crippen LogP contribution in [-0.2, 0) is 6.67 Å². The first kappa shape index (κ1) is 13.2. The summed E-state index contributed by atoms with van der Waals surface area (Å²) in [7, 11) is 0. The number of aliphatic hydroxyl groups is 1. The van der Waals surface area contributed by atoms with Crippen LogP contribution in [0.5, 0.6) is 0 Å². The van der Waals surface area contributed by atoms with Gasteiger partial charge in [0, 0.05) is 23.5 Å². The molecule has 1 N–H and O–H groups in total. The van der Waals surface area contributed by atoms with Crippen molar-refractivity contribution in [3.63, 3.8) is 0 Å². The van der Waals surface area contributed by atoms with Gasteiger partial charge in [-0.15, -0.1) is 0 Å². The van der Waals surface area contributed by atoms with Crippen LogP contribution in [0.25, 0.3) is 0 Å². The Bertz CT molecular complexity index is 543. The standard InChI is InChI=1S/C12H11Cl2FN2O/c1-7-2-11(18)9(13)6-17(7)10-3-12(14)16-5-8(10)4-15/h2-3,5,18H,4,6H2,1H3. The Labute approximate surface area is 114 Å². The van der Waals surface area contributed by atoms with E-state index in [0.29, 0.717) is 16.3 Å². The van der Waals surface area contributed by atoms with Crippen LogP contribution >= 0.6 is 23.2 Å². The van der Waals surface area contributed by atoms with Gasteiger partial charge in [-0.05, 0) is 13.0 Å². The maximum absolute atomic E-state index is 12.9. The first-order valence-corrected chi connectivity index (χ1v) is 6.02. The lowest BCUT2D eigenvalue weighted by atomic mass is 10.1. The van der Waals surface area contributed by atoms with Crippen molar-refractivity contribution in [2.45, 2.75) is 13.6 Å². The third-order valence-corrected chi connectivity index (χ3v) is 3.23. The minimum atomic E-state index is -0.642. The summed E-state index contributed by atoms with van der Waals surface area (Å²) in [6.07, 6.45) is 2.93. The minimum Gasteiger partial charge on any atom is -0.507 e. The van der Waals surface area contributed by atoms with E-state index in [1.807, 2.05) is 0 Å². The lowest BCUT2D eigenvalue weighted by molar-refractivity contribution is 0.424. The second-order valence-corrected chi connectivity index (χ2v) is 4.77. The molecule has 1 aromatic rings. The van der Waals surface area contributed by atoms with E-state index in [2.05, 4.69) is 4.98 Å². The van der Waals surface area contributed by atoms with Crippen molar-refractivity contribution in [3.8, 4) is 0 Å². The lowest BCUT2D eigenvalue weighted by Crippen LogP contribution is -2.27. The van der Waals surface area contributed by atoms with Crippen molar-refractivity contribution >= 4 is 28.9 Å². The van der Waals surface area contributed by atoms with E-state index in [9.17, 15) is 9.50 Å². The van der Waals surface area contributed by atoms with Crippen LogP contribution in [0.15, 0.2) is 34.8 Å². The first-order valence-electron chi connectivity index (χ1n) is 5.26. The maximum atomic E-state index is 12.9. The molecule has 1 aromatic heterocycles. The fourth-order valence-electron chi connectivity index (χ4n) is 1.78. The van der Waals surface area contributed by atoms with Crippen molar-refractivity contribution in [2.24, 2.45) is 0 Å². The summed E-state index contributed by atoms with van der Waals surface area (Å²) in [5.41, 5.74) is 1.80. The number of halogens is 3. The number of hydrogen-bond acceptors (Lipinski definition) is 3. The number of anilines is 1. The highest BCUT2D eigenvalue weighted by molar-refractivity contribution is 6.30. The van der Waals surface area contributed by atoms with Gasteiger partial charge < -0.3 is 10.0 Å². The fourth-order valence-corrected chi connectivity index (χ4v) is 2.10. The third-order valence-electron chi connectivity index (χ3n) is 2.71. The highest BCUT2D eigenvalue weighted by atomic mass is 35.5. The number of aliphatic hydroxyl groups excluding tert-OH is 1. The smallest absolute Gasteiger partial charge is 0.133 e. The van der Waals surface area contributed by atoms with Gasteiger partial charge >= 0.3 is 0 Å². The number of alkyl halides is 1.